The Bertz CT molecular complexity index is 677. The lowest BCUT2D eigenvalue weighted by molar-refractivity contribution is 0.251. The minimum absolute atomic E-state index is 0.338. The molecule has 2 aromatic carbocycles. The van der Waals surface area contributed by atoms with Crippen molar-refractivity contribution in [1.29, 1.82) is 5.26 Å². The van der Waals surface area contributed by atoms with Gasteiger partial charge >= 0.3 is 6.03 Å². The summed E-state index contributed by atoms with van der Waals surface area (Å²) in [7, 11) is 1.59. The van der Waals surface area contributed by atoms with Gasteiger partial charge in [-0.1, -0.05) is 30.3 Å². The standard InChI is InChI=1S/C16H15N3O2/c1-21-15-9-5-3-7-13(15)11-18-16(20)19-14-8-4-2-6-12(14)10-17/h2-9H,11H2,1H3,(H2,18,19,20). The first-order valence-electron chi connectivity index (χ1n) is 6.40. The highest BCUT2D eigenvalue weighted by Gasteiger charge is 2.07. The average Bonchev–Trinajstić information content (AvgIpc) is 2.53. The van der Waals surface area contributed by atoms with Crippen LogP contribution < -0.4 is 15.4 Å². The molecule has 0 bridgehead atoms. The van der Waals surface area contributed by atoms with Crippen molar-refractivity contribution < 1.29 is 9.53 Å². The zero-order valence-electron chi connectivity index (χ0n) is 11.6. The molecule has 5 heteroatoms. The molecule has 0 heterocycles. The minimum atomic E-state index is -0.372. The quantitative estimate of drug-likeness (QED) is 0.905. The van der Waals surface area contributed by atoms with Crippen molar-refractivity contribution >= 4 is 11.7 Å². The molecule has 0 saturated heterocycles. The Balaban J connectivity index is 1.98. The minimum Gasteiger partial charge on any atom is -0.496 e. The van der Waals surface area contributed by atoms with E-state index in [1.807, 2.05) is 30.3 Å². The molecular weight excluding hydrogens is 266 g/mol. The number of rotatable bonds is 4. The van der Waals surface area contributed by atoms with Crippen molar-refractivity contribution in [1.82, 2.24) is 5.32 Å². The van der Waals surface area contributed by atoms with E-state index in [-0.39, 0.29) is 6.03 Å². The smallest absolute Gasteiger partial charge is 0.319 e. The van der Waals surface area contributed by atoms with E-state index in [0.29, 0.717) is 17.8 Å². The van der Waals surface area contributed by atoms with Crippen molar-refractivity contribution in [2.75, 3.05) is 12.4 Å². The number of hydrogen-bond donors (Lipinski definition) is 2. The zero-order valence-corrected chi connectivity index (χ0v) is 11.6. The van der Waals surface area contributed by atoms with E-state index in [1.54, 1.807) is 31.4 Å². The maximum atomic E-state index is 11.9. The fraction of sp³-hybridized carbons (Fsp3) is 0.125. The fourth-order valence-corrected chi connectivity index (χ4v) is 1.88. The molecule has 2 aromatic rings. The Labute approximate surface area is 123 Å². The van der Waals surface area contributed by atoms with Crippen LogP contribution in [0, 0.1) is 11.3 Å². The maximum absolute atomic E-state index is 11.9. The van der Waals surface area contributed by atoms with Crippen molar-refractivity contribution in [3.8, 4) is 11.8 Å². The zero-order chi connectivity index (χ0) is 15.1. The number of hydrogen-bond acceptors (Lipinski definition) is 3. The van der Waals surface area contributed by atoms with Gasteiger partial charge in [-0.05, 0) is 18.2 Å². The van der Waals surface area contributed by atoms with Gasteiger partial charge in [0.2, 0.25) is 0 Å². The fourth-order valence-electron chi connectivity index (χ4n) is 1.88. The Morgan fingerprint density at radius 3 is 2.67 bits per heavy atom. The second kappa shape index (κ2) is 6.96. The van der Waals surface area contributed by atoms with Crippen LogP contribution in [-0.4, -0.2) is 13.1 Å². The molecule has 0 aromatic heterocycles. The molecule has 0 saturated carbocycles. The number of methoxy groups -OCH3 is 1. The summed E-state index contributed by atoms with van der Waals surface area (Å²) in [4.78, 5) is 11.9. The van der Waals surface area contributed by atoms with Gasteiger partial charge in [0.1, 0.15) is 11.8 Å². The number of nitriles is 1. The van der Waals surface area contributed by atoms with E-state index in [9.17, 15) is 4.79 Å². The van der Waals surface area contributed by atoms with Gasteiger partial charge < -0.3 is 15.4 Å². The molecule has 0 aliphatic rings. The molecular formula is C16H15N3O2. The first-order chi connectivity index (χ1) is 10.2. The molecule has 0 aliphatic carbocycles. The Morgan fingerprint density at radius 2 is 1.90 bits per heavy atom. The SMILES string of the molecule is COc1ccccc1CNC(=O)Nc1ccccc1C#N. The van der Waals surface area contributed by atoms with Crippen LogP contribution in [0.4, 0.5) is 10.5 Å². The summed E-state index contributed by atoms with van der Waals surface area (Å²) in [5.41, 5.74) is 1.78. The summed E-state index contributed by atoms with van der Waals surface area (Å²) < 4.78 is 5.22. The van der Waals surface area contributed by atoms with Crippen molar-refractivity contribution in [2.24, 2.45) is 0 Å². The first-order valence-corrected chi connectivity index (χ1v) is 6.40. The van der Waals surface area contributed by atoms with E-state index in [2.05, 4.69) is 10.6 Å². The van der Waals surface area contributed by atoms with Gasteiger partial charge in [0.15, 0.2) is 0 Å². The second-order valence-corrected chi connectivity index (χ2v) is 4.28. The number of anilines is 1. The molecule has 106 valence electrons. The van der Waals surface area contributed by atoms with Crippen LogP contribution in [0.15, 0.2) is 48.5 Å². The van der Waals surface area contributed by atoms with Crippen LogP contribution >= 0.6 is 0 Å². The summed E-state index contributed by atoms with van der Waals surface area (Å²) in [6.45, 7) is 0.338. The van der Waals surface area contributed by atoms with Crippen molar-refractivity contribution in [2.45, 2.75) is 6.54 Å². The Kier molecular flexibility index (Phi) is 4.78. The Hall–Kier alpha value is -3.00. The second-order valence-electron chi connectivity index (χ2n) is 4.28. The predicted octanol–water partition coefficient (Wildman–Crippen LogP) is 2.89. The van der Waals surface area contributed by atoms with Gasteiger partial charge in [0, 0.05) is 12.1 Å². The van der Waals surface area contributed by atoms with Gasteiger partial charge in [0.05, 0.1) is 18.4 Å². The van der Waals surface area contributed by atoms with E-state index >= 15 is 0 Å². The number of ether oxygens (including phenoxy) is 1. The van der Waals surface area contributed by atoms with Gasteiger partial charge in [-0.2, -0.15) is 5.26 Å². The largest absolute Gasteiger partial charge is 0.496 e. The number of nitrogens with zero attached hydrogens (tertiary/aromatic N) is 1. The highest BCUT2D eigenvalue weighted by atomic mass is 16.5. The number of para-hydroxylation sites is 2. The first kappa shape index (κ1) is 14.4. The summed E-state index contributed by atoms with van der Waals surface area (Å²) in [5, 5.41) is 14.4. The molecule has 2 amide bonds. The number of benzene rings is 2. The normalized spacial score (nSPS) is 9.52. The van der Waals surface area contributed by atoms with E-state index < -0.39 is 0 Å². The lowest BCUT2D eigenvalue weighted by atomic mass is 10.2. The molecule has 0 radical (unpaired) electrons. The molecule has 21 heavy (non-hydrogen) atoms. The molecule has 0 atom stereocenters. The molecule has 0 fully saturated rings. The van der Waals surface area contributed by atoms with Crippen molar-refractivity contribution in [3.05, 3.63) is 59.7 Å². The molecule has 5 nitrogen and oxygen atoms in total. The van der Waals surface area contributed by atoms with Crippen LogP contribution in [0.5, 0.6) is 5.75 Å². The summed E-state index contributed by atoms with van der Waals surface area (Å²) in [6, 6.07) is 16.0. The van der Waals surface area contributed by atoms with Crippen LogP contribution in [-0.2, 0) is 6.54 Å². The monoisotopic (exact) mass is 281 g/mol. The summed E-state index contributed by atoms with van der Waals surface area (Å²) in [5.74, 6) is 0.718. The van der Waals surface area contributed by atoms with E-state index in [0.717, 1.165) is 11.3 Å². The number of carbonyl (C=O) groups is 1. The predicted molar refractivity (Wildman–Crippen MR) is 80.0 cm³/mol. The highest BCUT2D eigenvalue weighted by molar-refractivity contribution is 5.90. The molecule has 0 unspecified atom stereocenters. The van der Waals surface area contributed by atoms with Crippen LogP contribution in [0.25, 0.3) is 0 Å². The molecule has 2 rings (SSSR count). The maximum Gasteiger partial charge on any atom is 0.319 e. The third kappa shape index (κ3) is 3.74. The van der Waals surface area contributed by atoms with Gasteiger partial charge in [0.25, 0.3) is 0 Å². The summed E-state index contributed by atoms with van der Waals surface area (Å²) in [6.07, 6.45) is 0. The highest BCUT2D eigenvalue weighted by Crippen LogP contribution is 2.17. The van der Waals surface area contributed by atoms with E-state index in [4.69, 9.17) is 10.00 Å². The number of amides is 2. The summed E-state index contributed by atoms with van der Waals surface area (Å²) >= 11 is 0. The lowest BCUT2D eigenvalue weighted by Gasteiger charge is -2.11. The van der Waals surface area contributed by atoms with Crippen LogP contribution in [0.1, 0.15) is 11.1 Å². The Morgan fingerprint density at radius 1 is 1.19 bits per heavy atom. The van der Waals surface area contributed by atoms with Crippen LogP contribution in [0.3, 0.4) is 0 Å². The third-order valence-electron chi connectivity index (χ3n) is 2.93. The average molecular weight is 281 g/mol. The van der Waals surface area contributed by atoms with Crippen LogP contribution in [0.2, 0.25) is 0 Å². The number of nitrogens with one attached hydrogen (secondary N) is 2. The lowest BCUT2D eigenvalue weighted by Crippen LogP contribution is -2.28. The molecule has 0 spiro atoms. The molecule has 0 aliphatic heterocycles. The topological polar surface area (TPSA) is 74.2 Å². The number of urea groups is 1. The van der Waals surface area contributed by atoms with E-state index in [1.165, 1.54) is 0 Å². The van der Waals surface area contributed by atoms with Gasteiger partial charge in [-0.3, -0.25) is 0 Å². The molecule has 2 N–H and O–H groups in total. The third-order valence-corrected chi connectivity index (χ3v) is 2.93. The number of carbonyl (C=O) groups excluding carboxylic acids is 1. The van der Waals surface area contributed by atoms with Gasteiger partial charge in [-0.15, -0.1) is 0 Å². The van der Waals surface area contributed by atoms with Crippen molar-refractivity contribution in [3.63, 3.8) is 0 Å². The van der Waals surface area contributed by atoms with Gasteiger partial charge in [-0.25, -0.2) is 4.79 Å².